The van der Waals surface area contributed by atoms with E-state index in [2.05, 4.69) is 26.6 Å². The maximum Gasteiger partial charge on any atom is 0.253 e. The van der Waals surface area contributed by atoms with Crippen molar-refractivity contribution in [3.63, 3.8) is 0 Å². The molecule has 0 saturated heterocycles. The Labute approximate surface area is 153 Å². The first-order valence-corrected chi connectivity index (χ1v) is 8.45. The molecule has 0 heterocycles. The normalized spacial score (nSPS) is 10.1. The first kappa shape index (κ1) is 18.7. The SMILES string of the molecule is NC(=O)CCNC(=O)c1ccccc1NC(=O)Cc1ccc(Br)cc1. The van der Waals surface area contributed by atoms with E-state index in [-0.39, 0.29) is 31.2 Å². The molecule has 3 amide bonds. The highest BCUT2D eigenvalue weighted by atomic mass is 79.9. The van der Waals surface area contributed by atoms with Gasteiger partial charge in [-0.25, -0.2) is 0 Å². The van der Waals surface area contributed by atoms with Crippen LogP contribution in [0.25, 0.3) is 0 Å². The van der Waals surface area contributed by atoms with Gasteiger partial charge in [-0.15, -0.1) is 0 Å². The number of para-hydroxylation sites is 1. The summed E-state index contributed by atoms with van der Waals surface area (Å²) >= 11 is 3.35. The molecule has 4 N–H and O–H groups in total. The second-order valence-electron chi connectivity index (χ2n) is 5.37. The van der Waals surface area contributed by atoms with Gasteiger partial charge in [-0.05, 0) is 29.8 Å². The lowest BCUT2D eigenvalue weighted by atomic mass is 10.1. The number of nitrogens with two attached hydrogens (primary N) is 1. The molecule has 0 aromatic heterocycles. The van der Waals surface area contributed by atoms with Crippen molar-refractivity contribution in [2.75, 3.05) is 11.9 Å². The molecule has 0 radical (unpaired) electrons. The second kappa shape index (κ2) is 8.98. The maximum absolute atomic E-state index is 12.2. The molecule has 0 bridgehead atoms. The maximum atomic E-state index is 12.2. The van der Waals surface area contributed by atoms with Crippen molar-refractivity contribution in [1.82, 2.24) is 5.32 Å². The van der Waals surface area contributed by atoms with E-state index in [9.17, 15) is 14.4 Å². The summed E-state index contributed by atoms with van der Waals surface area (Å²) in [5.74, 6) is -1.09. The van der Waals surface area contributed by atoms with Crippen LogP contribution < -0.4 is 16.4 Å². The summed E-state index contributed by atoms with van der Waals surface area (Å²) in [6, 6.07) is 14.1. The minimum absolute atomic E-state index is 0.0594. The van der Waals surface area contributed by atoms with Crippen LogP contribution in [0.2, 0.25) is 0 Å². The van der Waals surface area contributed by atoms with Crippen LogP contribution in [0.1, 0.15) is 22.3 Å². The Kier molecular flexibility index (Phi) is 6.71. The molecular weight excluding hydrogens is 386 g/mol. The topological polar surface area (TPSA) is 101 Å². The number of rotatable bonds is 7. The number of hydrogen-bond acceptors (Lipinski definition) is 3. The third kappa shape index (κ3) is 6.04. The Bertz CT molecular complexity index is 775. The summed E-state index contributed by atoms with van der Waals surface area (Å²) in [7, 11) is 0. The van der Waals surface area contributed by atoms with Crippen LogP contribution in [0.4, 0.5) is 5.69 Å². The van der Waals surface area contributed by atoms with E-state index in [0.29, 0.717) is 11.3 Å². The van der Waals surface area contributed by atoms with E-state index in [1.807, 2.05) is 24.3 Å². The van der Waals surface area contributed by atoms with E-state index in [1.165, 1.54) is 0 Å². The van der Waals surface area contributed by atoms with Crippen molar-refractivity contribution < 1.29 is 14.4 Å². The molecule has 0 atom stereocenters. The lowest BCUT2D eigenvalue weighted by molar-refractivity contribution is -0.118. The van der Waals surface area contributed by atoms with Crippen LogP contribution in [0.5, 0.6) is 0 Å². The Morgan fingerprint density at radius 1 is 1.00 bits per heavy atom. The highest BCUT2D eigenvalue weighted by Gasteiger charge is 2.13. The Morgan fingerprint density at radius 3 is 2.36 bits per heavy atom. The number of hydrogen-bond donors (Lipinski definition) is 3. The zero-order chi connectivity index (χ0) is 18.2. The fourth-order valence-corrected chi connectivity index (χ4v) is 2.43. The van der Waals surface area contributed by atoms with Gasteiger partial charge in [0.1, 0.15) is 0 Å². The van der Waals surface area contributed by atoms with Crippen molar-refractivity contribution in [2.24, 2.45) is 5.73 Å². The summed E-state index contributed by atoms with van der Waals surface area (Å²) < 4.78 is 0.939. The second-order valence-corrected chi connectivity index (χ2v) is 6.28. The van der Waals surface area contributed by atoms with Crippen LogP contribution in [-0.4, -0.2) is 24.3 Å². The fourth-order valence-electron chi connectivity index (χ4n) is 2.17. The zero-order valence-corrected chi connectivity index (χ0v) is 15.0. The summed E-state index contributed by atoms with van der Waals surface area (Å²) in [6.07, 6.45) is 0.259. The molecule has 0 aliphatic carbocycles. The largest absolute Gasteiger partial charge is 0.370 e. The molecule has 0 spiro atoms. The van der Waals surface area contributed by atoms with Crippen LogP contribution in [-0.2, 0) is 16.0 Å². The van der Waals surface area contributed by atoms with Crippen molar-refractivity contribution in [3.05, 3.63) is 64.1 Å². The lowest BCUT2D eigenvalue weighted by Gasteiger charge is -2.11. The van der Waals surface area contributed by atoms with Crippen LogP contribution in [0.3, 0.4) is 0 Å². The zero-order valence-electron chi connectivity index (χ0n) is 13.4. The van der Waals surface area contributed by atoms with Gasteiger partial charge in [-0.2, -0.15) is 0 Å². The quantitative estimate of drug-likeness (QED) is 0.660. The highest BCUT2D eigenvalue weighted by molar-refractivity contribution is 9.10. The summed E-state index contributed by atoms with van der Waals surface area (Å²) in [6.45, 7) is 0.148. The third-order valence-corrected chi connectivity index (χ3v) is 3.91. The van der Waals surface area contributed by atoms with Crippen molar-refractivity contribution in [3.8, 4) is 0 Å². The van der Waals surface area contributed by atoms with E-state index < -0.39 is 5.91 Å². The molecule has 0 aliphatic rings. The van der Waals surface area contributed by atoms with Crippen LogP contribution in [0, 0.1) is 0 Å². The van der Waals surface area contributed by atoms with Gasteiger partial charge in [0.25, 0.3) is 5.91 Å². The minimum atomic E-state index is -0.489. The lowest BCUT2D eigenvalue weighted by Crippen LogP contribution is -2.29. The highest BCUT2D eigenvalue weighted by Crippen LogP contribution is 2.16. The van der Waals surface area contributed by atoms with Crippen molar-refractivity contribution in [1.29, 1.82) is 0 Å². The van der Waals surface area contributed by atoms with Gasteiger partial charge in [0, 0.05) is 17.4 Å². The monoisotopic (exact) mass is 403 g/mol. The summed E-state index contributed by atoms with van der Waals surface area (Å²) in [5, 5.41) is 5.35. The van der Waals surface area contributed by atoms with E-state index in [4.69, 9.17) is 5.73 Å². The molecule has 0 saturated carbocycles. The molecular formula is C18H18BrN3O3. The Hall–Kier alpha value is -2.67. The van der Waals surface area contributed by atoms with Gasteiger partial charge in [0.05, 0.1) is 17.7 Å². The fraction of sp³-hybridized carbons (Fsp3) is 0.167. The molecule has 2 aromatic carbocycles. The number of nitrogens with one attached hydrogen (secondary N) is 2. The first-order valence-electron chi connectivity index (χ1n) is 7.65. The van der Waals surface area contributed by atoms with Gasteiger partial charge in [-0.3, -0.25) is 14.4 Å². The summed E-state index contributed by atoms with van der Waals surface area (Å²) in [5.41, 5.74) is 6.66. The Morgan fingerprint density at radius 2 is 1.68 bits per heavy atom. The number of benzene rings is 2. The van der Waals surface area contributed by atoms with E-state index in [1.54, 1.807) is 24.3 Å². The van der Waals surface area contributed by atoms with Gasteiger partial charge in [0.15, 0.2) is 0 Å². The molecule has 0 aliphatic heterocycles. The van der Waals surface area contributed by atoms with Crippen molar-refractivity contribution >= 4 is 39.3 Å². The summed E-state index contributed by atoms with van der Waals surface area (Å²) in [4.78, 5) is 35.2. The molecule has 2 aromatic rings. The molecule has 0 fully saturated rings. The number of carbonyl (C=O) groups is 3. The van der Waals surface area contributed by atoms with E-state index >= 15 is 0 Å². The van der Waals surface area contributed by atoms with Gasteiger partial charge in [0.2, 0.25) is 11.8 Å². The van der Waals surface area contributed by atoms with Gasteiger partial charge >= 0.3 is 0 Å². The van der Waals surface area contributed by atoms with Crippen LogP contribution in [0.15, 0.2) is 53.0 Å². The molecule has 0 unspecified atom stereocenters. The smallest absolute Gasteiger partial charge is 0.253 e. The first-order chi connectivity index (χ1) is 12.0. The predicted octanol–water partition coefficient (Wildman–Crippen LogP) is 2.24. The molecule has 130 valence electrons. The minimum Gasteiger partial charge on any atom is -0.370 e. The number of amides is 3. The standard InChI is InChI=1S/C18H18BrN3O3/c19-13-7-5-12(6-8-13)11-17(24)22-15-4-2-1-3-14(15)18(25)21-10-9-16(20)23/h1-8H,9-11H2,(H2,20,23)(H,21,25)(H,22,24). The third-order valence-electron chi connectivity index (χ3n) is 3.38. The van der Waals surface area contributed by atoms with Crippen molar-refractivity contribution in [2.45, 2.75) is 12.8 Å². The van der Waals surface area contributed by atoms with Crippen LogP contribution >= 0.6 is 15.9 Å². The molecule has 25 heavy (non-hydrogen) atoms. The average Bonchev–Trinajstić information content (AvgIpc) is 2.57. The van der Waals surface area contributed by atoms with Gasteiger partial charge in [-0.1, -0.05) is 40.2 Å². The molecule has 6 nitrogen and oxygen atoms in total. The van der Waals surface area contributed by atoms with E-state index in [0.717, 1.165) is 10.0 Å². The average molecular weight is 404 g/mol. The Balaban J connectivity index is 2.01. The molecule has 7 heteroatoms. The number of primary amides is 1. The molecule has 2 rings (SSSR count). The van der Waals surface area contributed by atoms with Gasteiger partial charge < -0.3 is 16.4 Å². The number of halogens is 1. The number of carbonyl (C=O) groups excluding carboxylic acids is 3. The number of anilines is 1. The predicted molar refractivity (Wildman–Crippen MR) is 99.1 cm³/mol.